The Balaban J connectivity index is 3.10. The fraction of sp³-hybridized carbons (Fsp3) is 0.400. The zero-order valence-electron chi connectivity index (χ0n) is 8.52. The first kappa shape index (κ1) is 11.0. The molecule has 0 saturated heterocycles. The molecule has 0 aromatic heterocycles. The molecule has 0 spiro atoms. The molecule has 1 aromatic rings. The molecule has 0 bridgehead atoms. The molecule has 0 radical (unpaired) electrons. The first-order chi connectivity index (χ1) is 5.95. The topological polar surface area (TPSA) is 9.23 Å². The van der Waals surface area contributed by atoms with Crippen LogP contribution in [0.25, 0.3) is 0 Å². The first-order valence-corrected chi connectivity index (χ1v) is 8.87. The van der Waals surface area contributed by atoms with Crippen LogP contribution in [0.4, 0.5) is 0 Å². The number of benzene rings is 1. The van der Waals surface area contributed by atoms with Crippen LogP contribution in [0.5, 0.6) is 5.75 Å². The lowest BCUT2D eigenvalue weighted by Crippen LogP contribution is -2.37. The molecule has 0 aliphatic carbocycles. The van der Waals surface area contributed by atoms with Crippen molar-refractivity contribution in [2.45, 2.75) is 19.6 Å². The van der Waals surface area contributed by atoms with Crippen LogP contribution in [-0.4, -0.2) is 15.2 Å². The third kappa shape index (κ3) is 2.70. The highest BCUT2D eigenvalue weighted by Crippen LogP contribution is 2.19. The second-order valence-corrected chi connectivity index (χ2v) is 10.3. The number of hydrogen-bond acceptors (Lipinski definition) is 1. The van der Waals surface area contributed by atoms with Crippen molar-refractivity contribution in [3.05, 3.63) is 21.8 Å². The fourth-order valence-electron chi connectivity index (χ4n) is 1.13. The molecule has 0 unspecified atom stereocenters. The summed E-state index contributed by atoms with van der Waals surface area (Å²) < 4.78 is 6.43. The van der Waals surface area contributed by atoms with E-state index in [4.69, 9.17) is 4.74 Å². The number of hydrogen-bond donors (Lipinski definition) is 0. The predicted molar refractivity (Wildman–Crippen MR) is 68.7 cm³/mol. The van der Waals surface area contributed by atoms with Crippen molar-refractivity contribution in [3.63, 3.8) is 0 Å². The predicted octanol–water partition coefficient (Wildman–Crippen LogP) is 2.85. The van der Waals surface area contributed by atoms with Crippen molar-refractivity contribution in [1.29, 1.82) is 0 Å². The summed E-state index contributed by atoms with van der Waals surface area (Å²) in [5.41, 5.74) is 0. The Hall–Kier alpha value is -0.0331. The molecule has 0 N–H and O–H groups in total. The second kappa shape index (κ2) is 4.00. The van der Waals surface area contributed by atoms with Crippen LogP contribution in [-0.2, 0) is 0 Å². The second-order valence-electron chi connectivity index (χ2n) is 4.10. The molecular weight excluding hydrogens is 291 g/mol. The van der Waals surface area contributed by atoms with E-state index in [1.165, 1.54) is 8.76 Å². The van der Waals surface area contributed by atoms with Crippen LogP contribution in [0.15, 0.2) is 18.2 Å². The molecule has 0 fully saturated rings. The van der Waals surface area contributed by atoms with Crippen LogP contribution in [0.1, 0.15) is 0 Å². The zero-order chi connectivity index (χ0) is 10.1. The summed E-state index contributed by atoms with van der Waals surface area (Å²) in [6.45, 7) is 7.06. The maximum atomic E-state index is 5.22. The molecule has 1 rings (SSSR count). The van der Waals surface area contributed by atoms with E-state index in [0.29, 0.717) is 0 Å². The van der Waals surface area contributed by atoms with E-state index in [0.717, 1.165) is 5.75 Å². The van der Waals surface area contributed by atoms with Gasteiger partial charge in [-0.3, -0.25) is 0 Å². The Labute approximate surface area is 94.6 Å². The Bertz CT molecular complexity index is 304. The Morgan fingerprint density at radius 2 is 1.85 bits per heavy atom. The minimum atomic E-state index is -1.16. The summed E-state index contributed by atoms with van der Waals surface area (Å²) in [7, 11) is 0.553. The van der Waals surface area contributed by atoms with Gasteiger partial charge in [-0.25, -0.2) is 0 Å². The van der Waals surface area contributed by atoms with E-state index in [9.17, 15) is 0 Å². The lowest BCUT2D eigenvalue weighted by molar-refractivity contribution is 0.412. The summed E-state index contributed by atoms with van der Waals surface area (Å²) in [5, 5.41) is 1.48. The molecule has 1 aromatic carbocycles. The van der Waals surface area contributed by atoms with Gasteiger partial charge in [-0.05, 0) is 34.7 Å². The summed E-state index contributed by atoms with van der Waals surface area (Å²) in [6.07, 6.45) is 0. The average Bonchev–Trinajstić information content (AvgIpc) is 2.02. The minimum absolute atomic E-state index is 0.975. The molecule has 3 heteroatoms. The van der Waals surface area contributed by atoms with E-state index in [2.05, 4.69) is 60.4 Å². The van der Waals surface area contributed by atoms with Crippen molar-refractivity contribution < 1.29 is 4.74 Å². The highest BCUT2D eigenvalue weighted by atomic mass is 127. The molecule has 1 nitrogen and oxygen atoms in total. The molecule has 0 aliphatic heterocycles. The fourth-order valence-corrected chi connectivity index (χ4v) is 3.32. The number of rotatable bonds is 2. The van der Waals surface area contributed by atoms with Crippen molar-refractivity contribution in [1.82, 2.24) is 0 Å². The first-order valence-electron chi connectivity index (χ1n) is 4.29. The van der Waals surface area contributed by atoms with Crippen molar-refractivity contribution >= 4 is 35.9 Å². The van der Waals surface area contributed by atoms with Crippen molar-refractivity contribution in [2.24, 2.45) is 0 Å². The van der Waals surface area contributed by atoms with Crippen molar-refractivity contribution in [3.8, 4) is 5.75 Å². The zero-order valence-corrected chi connectivity index (χ0v) is 11.7. The van der Waals surface area contributed by atoms with Gasteiger partial charge in [0, 0.05) is 0 Å². The summed E-state index contributed by atoms with van der Waals surface area (Å²) in [4.78, 5) is 0. The standard InChI is InChI=1S/C10H15IOSi/c1-12-10-6-5-8(7-9(10)11)13(2,3)4/h5-7H,1-4H3. The summed E-state index contributed by atoms with van der Waals surface area (Å²) >= 11 is 2.32. The lowest BCUT2D eigenvalue weighted by atomic mass is 10.3. The quantitative estimate of drug-likeness (QED) is 0.603. The van der Waals surface area contributed by atoms with Gasteiger partial charge in [0.05, 0.1) is 18.8 Å². The lowest BCUT2D eigenvalue weighted by Gasteiger charge is -2.17. The molecule has 0 aliphatic rings. The van der Waals surface area contributed by atoms with Crippen LogP contribution >= 0.6 is 22.6 Å². The summed E-state index contributed by atoms with van der Waals surface area (Å²) in [5.74, 6) is 0.975. The SMILES string of the molecule is COc1ccc([Si](C)(C)C)cc1I. The molecule has 13 heavy (non-hydrogen) atoms. The molecule has 0 amide bonds. The van der Waals surface area contributed by atoms with Gasteiger partial charge in [0.15, 0.2) is 0 Å². The number of halogens is 1. The van der Waals surface area contributed by atoms with E-state index >= 15 is 0 Å². The maximum absolute atomic E-state index is 5.22. The van der Waals surface area contributed by atoms with E-state index in [1.807, 2.05) is 0 Å². The van der Waals surface area contributed by atoms with Gasteiger partial charge < -0.3 is 4.74 Å². The smallest absolute Gasteiger partial charge is 0.132 e. The molecular formula is C10H15IOSi. The van der Waals surface area contributed by atoms with Crippen LogP contribution in [0.3, 0.4) is 0 Å². The summed E-state index contributed by atoms with van der Waals surface area (Å²) in [6, 6.07) is 6.49. The third-order valence-corrected chi connectivity index (χ3v) is 4.90. The molecule has 72 valence electrons. The third-order valence-electron chi connectivity index (χ3n) is 2.02. The monoisotopic (exact) mass is 306 g/mol. The maximum Gasteiger partial charge on any atom is 0.132 e. The van der Waals surface area contributed by atoms with Gasteiger partial charge in [-0.15, -0.1) is 0 Å². The minimum Gasteiger partial charge on any atom is -0.496 e. The average molecular weight is 306 g/mol. The number of methoxy groups -OCH3 is 1. The van der Waals surface area contributed by atoms with Crippen LogP contribution in [0, 0.1) is 3.57 Å². The van der Waals surface area contributed by atoms with E-state index < -0.39 is 8.07 Å². The van der Waals surface area contributed by atoms with Crippen LogP contribution in [0.2, 0.25) is 19.6 Å². The van der Waals surface area contributed by atoms with Gasteiger partial charge in [-0.2, -0.15) is 0 Å². The van der Waals surface area contributed by atoms with Gasteiger partial charge in [-0.1, -0.05) is 30.9 Å². The van der Waals surface area contributed by atoms with E-state index in [1.54, 1.807) is 7.11 Å². The normalized spacial score (nSPS) is 11.5. The van der Waals surface area contributed by atoms with E-state index in [-0.39, 0.29) is 0 Å². The highest BCUT2D eigenvalue weighted by Gasteiger charge is 2.17. The van der Waals surface area contributed by atoms with Crippen LogP contribution < -0.4 is 9.92 Å². The molecule has 0 saturated carbocycles. The highest BCUT2D eigenvalue weighted by molar-refractivity contribution is 14.1. The van der Waals surface area contributed by atoms with Gasteiger partial charge in [0.25, 0.3) is 0 Å². The Morgan fingerprint density at radius 3 is 2.23 bits per heavy atom. The van der Waals surface area contributed by atoms with Gasteiger partial charge in [0.1, 0.15) is 5.75 Å². The molecule has 0 heterocycles. The Kier molecular flexibility index (Phi) is 3.40. The van der Waals surface area contributed by atoms with Crippen molar-refractivity contribution in [2.75, 3.05) is 7.11 Å². The largest absolute Gasteiger partial charge is 0.496 e. The number of ether oxygens (including phenoxy) is 1. The molecule has 0 atom stereocenters. The Morgan fingerprint density at radius 1 is 1.23 bits per heavy atom. The van der Waals surface area contributed by atoms with Gasteiger partial charge in [0.2, 0.25) is 0 Å². The van der Waals surface area contributed by atoms with Gasteiger partial charge >= 0.3 is 0 Å².